The highest BCUT2D eigenvalue weighted by Crippen LogP contribution is 2.38. The number of anilines is 1. The molecule has 2 aliphatic heterocycles. The molecule has 0 bridgehead atoms. The number of aromatic nitrogens is 4. The molecule has 0 spiro atoms. The van der Waals surface area contributed by atoms with Crippen molar-refractivity contribution in [3.05, 3.63) is 47.0 Å². The zero-order chi connectivity index (χ0) is 28.0. The fourth-order valence-corrected chi connectivity index (χ4v) is 6.90. The first-order valence-corrected chi connectivity index (χ1v) is 14.9. The lowest BCUT2D eigenvalue weighted by atomic mass is 9.78. The molecule has 214 valence electrons. The second-order valence-corrected chi connectivity index (χ2v) is 12.1. The van der Waals surface area contributed by atoms with E-state index < -0.39 is 0 Å². The van der Waals surface area contributed by atoms with Crippen molar-refractivity contribution in [2.45, 2.75) is 91.0 Å². The number of fused-ring (bicyclic) bond motifs is 1. The minimum Gasteiger partial charge on any atom is -0.485 e. The van der Waals surface area contributed by atoms with Crippen molar-refractivity contribution in [3.8, 4) is 5.75 Å². The molecule has 3 aliphatic rings. The summed E-state index contributed by atoms with van der Waals surface area (Å²) in [6.45, 7) is 13.2. The Morgan fingerprint density at radius 1 is 0.925 bits per heavy atom. The van der Waals surface area contributed by atoms with Crippen LogP contribution in [0.2, 0.25) is 0 Å². The minimum absolute atomic E-state index is 0.103. The predicted molar refractivity (Wildman–Crippen MR) is 154 cm³/mol. The van der Waals surface area contributed by atoms with Gasteiger partial charge in [0, 0.05) is 37.7 Å². The topological polar surface area (TPSA) is 85.1 Å². The van der Waals surface area contributed by atoms with E-state index >= 15 is 0 Å². The second-order valence-electron chi connectivity index (χ2n) is 12.1. The van der Waals surface area contributed by atoms with Gasteiger partial charge >= 0.3 is 0 Å². The van der Waals surface area contributed by atoms with Crippen molar-refractivity contribution in [1.29, 1.82) is 0 Å². The Kier molecular flexibility index (Phi) is 7.42. The summed E-state index contributed by atoms with van der Waals surface area (Å²) < 4.78 is 14.1. The van der Waals surface area contributed by atoms with E-state index in [1.54, 1.807) is 4.52 Å². The number of rotatable bonds is 5. The van der Waals surface area contributed by atoms with E-state index in [0.29, 0.717) is 23.4 Å². The number of amides is 1. The van der Waals surface area contributed by atoms with Gasteiger partial charge in [-0.2, -0.15) is 9.50 Å². The summed E-state index contributed by atoms with van der Waals surface area (Å²) in [5.41, 5.74) is 4.43. The normalized spacial score (nSPS) is 27.4. The van der Waals surface area contributed by atoms with Gasteiger partial charge < -0.3 is 19.3 Å². The molecule has 1 saturated carbocycles. The molecule has 0 N–H and O–H groups in total. The molecule has 1 aliphatic carbocycles. The number of carbonyl (C=O) groups is 1. The van der Waals surface area contributed by atoms with E-state index in [2.05, 4.69) is 58.1 Å². The van der Waals surface area contributed by atoms with Crippen molar-refractivity contribution in [2.75, 3.05) is 31.1 Å². The van der Waals surface area contributed by atoms with Crippen molar-refractivity contribution in [2.24, 2.45) is 5.92 Å². The van der Waals surface area contributed by atoms with Gasteiger partial charge in [0.25, 0.3) is 5.78 Å². The number of hydrogen-bond donors (Lipinski definition) is 0. The molecule has 3 atom stereocenters. The number of carbonyl (C=O) groups excluding carboxylic acids is 1. The second kappa shape index (κ2) is 11.0. The van der Waals surface area contributed by atoms with E-state index in [0.717, 1.165) is 75.4 Å². The predicted octanol–water partition coefficient (Wildman–Crippen LogP) is 4.62. The fraction of sp³-hybridized carbons (Fsp3) is 0.613. The SMILES string of the molecule is Cc1nc2nc(C)c(O[C@@H]3CCN(c4ccc([C@H]5CC[C@H](C(=O)N6C[C@H](C)O[C@@H](C)C6)CC5)cc4)C3)c(C)n2n1. The quantitative estimate of drug-likeness (QED) is 0.462. The van der Waals surface area contributed by atoms with E-state index in [-0.39, 0.29) is 24.2 Å². The maximum atomic E-state index is 13.2. The summed E-state index contributed by atoms with van der Waals surface area (Å²) in [4.78, 5) is 26.6. The third-order valence-electron chi connectivity index (χ3n) is 8.91. The van der Waals surface area contributed by atoms with E-state index in [9.17, 15) is 4.79 Å². The zero-order valence-corrected chi connectivity index (χ0v) is 24.5. The standard InChI is InChI=1S/C31H42N6O3/c1-19-16-36(17-20(2)39-19)30(38)26-8-6-24(7-9-26)25-10-12-27(13-11-25)35-15-14-28(18-35)40-29-21(3)32-31-33-23(5)34-37(31)22(29)4/h10-13,19-20,24,26,28H,6-9,14-18H2,1-5H3/t19-,20-,24-,26-,28+/m0/s1. The van der Waals surface area contributed by atoms with Crippen molar-refractivity contribution in [1.82, 2.24) is 24.5 Å². The van der Waals surface area contributed by atoms with Crippen LogP contribution in [-0.4, -0.2) is 74.9 Å². The van der Waals surface area contributed by atoms with E-state index in [1.807, 2.05) is 25.7 Å². The van der Waals surface area contributed by atoms with Crippen LogP contribution in [0.5, 0.6) is 5.75 Å². The van der Waals surface area contributed by atoms with Crippen LogP contribution in [0, 0.1) is 26.7 Å². The van der Waals surface area contributed by atoms with Gasteiger partial charge in [-0.1, -0.05) is 12.1 Å². The van der Waals surface area contributed by atoms with E-state index in [1.165, 1.54) is 11.3 Å². The zero-order valence-electron chi connectivity index (χ0n) is 24.5. The molecule has 4 heterocycles. The largest absolute Gasteiger partial charge is 0.485 e. The van der Waals surface area contributed by atoms with Crippen molar-refractivity contribution < 1.29 is 14.3 Å². The molecule has 0 radical (unpaired) electrons. The third kappa shape index (κ3) is 5.40. The van der Waals surface area contributed by atoms with Gasteiger partial charge in [0.05, 0.1) is 30.1 Å². The van der Waals surface area contributed by atoms with Crippen LogP contribution in [0.25, 0.3) is 5.78 Å². The first-order chi connectivity index (χ1) is 19.2. The first-order valence-electron chi connectivity index (χ1n) is 14.9. The van der Waals surface area contributed by atoms with Crippen molar-refractivity contribution >= 4 is 17.4 Å². The van der Waals surface area contributed by atoms with Gasteiger partial charge in [0.15, 0.2) is 5.75 Å². The monoisotopic (exact) mass is 546 g/mol. The van der Waals surface area contributed by atoms with Gasteiger partial charge in [-0.25, -0.2) is 4.98 Å². The average molecular weight is 547 g/mol. The summed E-state index contributed by atoms with van der Waals surface area (Å²) in [6.07, 6.45) is 5.42. The number of hydrogen-bond acceptors (Lipinski definition) is 7. The van der Waals surface area contributed by atoms with Crippen LogP contribution < -0.4 is 9.64 Å². The molecule has 6 rings (SSSR count). The highest BCUT2D eigenvalue weighted by molar-refractivity contribution is 5.79. The van der Waals surface area contributed by atoms with Crippen molar-refractivity contribution in [3.63, 3.8) is 0 Å². The lowest BCUT2D eigenvalue weighted by Gasteiger charge is -2.38. The van der Waals surface area contributed by atoms with Gasteiger partial charge in [-0.15, -0.1) is 5.10 Å². The number of benzene rings is 1. The van der Waals surface area contributed by atoms with Gasteiger partial charge in [0.1, 0.15) is 11.9 Å². The maximum absolute atomic E-state index is 13.2. The number of morpholine rings is 1. The summed E-state index contributed by atoms with van der Waals surface area (Å²) >= 11 is 0. The maximum Gasteiger partial charge on any atom is 0.253 e. The van der Waals surface area contributed by atoms with Crippen LogP contribution >= 0.6 is 0 Å². The molecule has 3 fully saturated rings. The Labute approximate surface area is 236 Å². The van der Waals surface area contributed by atoms with Crippen LogP contribution in [0.15, 0.2) is 24.3 Å². The van der Waals surface area contributed by atoms with Crippen LogP contribution in [-0.2, 0) is 9.53 Å². The molecular weight excluding hydrogens is 504 g/mol. The summed E-state index contributed by atoms with van der Waals surface area (Å²) in [5.74, 6) is 3.16. The number of nitrogens with zero attached hydrogens (tertiary/aromatic N) is 6. The Bertz CT molecular complexity index is 1350. The molecule has 9 heteroatoms. The first kappa shape index (κ1) is 27.0. The Hall–Kier alpha value is -3.20. The molecular formula is C31H42N6O3. The average Bonchev–Trinajstić information content (AvgIpc) is 3.56. The van der Waals surface area contributed by atoms with E-state index in [4.69, 9.17) is 9.47 Å². The lowest BCUT2D eigenvalue weighted by Crippen LogP contribution is -2.50. The molecule has 1 amide bonds. The number of aryl methyl sites for hydroxylation is 3. The molecule has 2 saturated heterocycles. The van der Waals surface area contributed by atoms with Gasteiger partial charge in [-0.3, -0.25) is 4.79 Å². The summed E-state index contributed by atoms with van der Waals surface area (Å²) in [5, 5.41) is 4.47. The Morgan fingerprint density at radius 2 is 1.62 bits per heavy atom. The summed E-state index contributed by atoms with van der Waals surface area (Å²) in [6, 6.07) is 9.10. The van der Waals surface area contributed by atoms with Crippen LogP contribution in [0.3, 0.4) is 0 Å². The molecule has 9 nitrogen and oxygen atoms in total. The molecule has 3 aromatic rings. The molecule has 0 unspecified atom stereocenters. The molecule has 2 aromatic heterocycles. The lowest BCUT2D eigenvalue weighted by molar-refractivity contribution is -0.148. The van der Waals surface area contributed by atoms with Gasteiger partial charge in [0.2, 0.25) is 5.91 Å². The van der Waals surface area contributed by atoms with Crippen LogP contribution in [0.1, 0.15) is 74.6 Å². The third-order valence-corrected chi connectivity index (χ3v) is 8.91. The molecule has 1 aromatic carbocycles. The molecule has 40 heavy (non-hydrogen) atoms. The Balaban J connectivity index is 1.03. The van der Waals surface area contributed by atoms with Crippen LogP contribution in [0.4, 0.5) is 5.69 Å². The highest BCUT2D eigenvalue weighted by atomic mass is 16.5. The smallest absolute Gasteiger partial charge is 0.253 e. The highest BCUT2D eigenvalue weighted by Gasteiger charge is 2.33. The summed E-state index contributed by atoms with van der Waals surface area (Å²) in [7, 11) is 0. The fourth-order valence-electron chi connectivity index (χ4n) is 6.90. The minimum atomic E-state index is 0.103. The van der Waals surface area contributed by atoms with Gasteiger partial charge in [-0.05, 0) is 83.9 Å². The number of ether oxygens (including phenoxy) is 2. The Morgan fingerprint density at radius 3 is 2.33 bits per heavy atom.